The van der Waals surface area contributed by atoms with Crippen molar-refractivity contribution < 1.29 is 19.2 Å². The second-order valence-electron chi connectivity index (χ2n) is 3.39. The second-order valence-corrected chi connectivity index (χ2v) is 4.25. The molecule has 2 aromatic rings. The molecule has 0 bridgehead atoms. The Bertz CT molecular complexity index is 555. The topological polar surface area (TPSA) is 85.5 Å². The molecule has 0 amide bonds. The Morgan fingerprint density at radius 2 is 2.22 bits per heavy atom. The van der Waals surface area contributed by atoms with Gasteiger partial charge < -0.3 is 14.4 Å². The van der Waals surface area contributed by atoms with Crippen molar-refractivity contribution in [2.75, 3.05) is 0 Å². The lowest BCUT2D eigenvalue weighted by molar-refractivity contribution is -0.136. The minimum Gasteiger partial charge on any atom is -0.484 e. The molecule has 1 aromatic carbocycles. The van der Waals surface area contributed by atoms with Crippen molar-refractivity contribution in [3.05, 3.63) is 40.5 Å². The molecule has 7 heteroatoms. The standard InChI is InChI=1S/C11H9BrN2O4/c12-7-3-1-2-4-8(7)17-6-9-13-10(18-14-9)5-11(15)16/h1-4H,5-6H2,(H,15,16). The third kappa shape index (κ3) is 3.30. The smallest absolute Gasteiger partial charge is 0.312 e. The van der Waals surface area contributed by atoms with Crippen LogP contribution in [0.25, 0.3) is 0 Å². The monoisotopic (exact) mass is 312 g/mol. The summed E-state index contributed by atoms with van der Waals surface area (Å²) in [5.41, 5.74) is 0. The van der Waals surface area contributed by atoms with Gasteiger partial charge in [-0.05, 0) is 28.1 Å². The summed E-state index contributed by atoms with van der Waals surface area (Å²) in [6.45, 7) is 0.117. The number of hydrogen-bond acceptors (Lipinski definition) is 5. The quantitative estimate of drug-likeness (QED) is 0.909. The highest BCUT2D eigenvalue weighted by molar-refractivity contribution is 9.10. The predicted molar refractivity (Wildman–Crippen MR) is 64.1 cm³/mol. The minimum absolute atomic E-state index is 0.0632. The van der Waals surface area contributed by atoms with E-state index in [4.69, 9.17) is 14.4 Å². The van der Waals surface area contributed by atoms with Crippen molar-refractivity contribution in [2.45, 2.75) is 13.0 Å². The molecule has 18 heavy (non-hydrogen) atoms. The van der Waals surface area contributed by atoms with Crippen molar-refractivity contribution in [3.8, 4) is 5.75 Å². The van der Waals surface area contributed by atoms with E-state index in [1.165, 1.54) is 0 Å². The molecule has 1 aromatic heterocycles. The highest BCUT2D eigenvalue weighted by atomic mass is 79.9. The molecule has 0 unspecified atom stereocenters. The van der Waals surface area contributed by atoms with Crippen molar-refractivity contribution in [1.29, 1.82) is 0 Å². The fraction of sp³-hybridized carbons (Fsp3) is 0.182. The zero-order chi connectivity index (χ0) is 13.0. The van der Waals surface area contributed by atoms with Crippen LogP contribution in [-0.2, 0) is 17.8 Å². The number of carboxylic acid groups (broad SMARTS) is 1. The first kappa shape index (κ1) is 12.6. The zero-order valence-corrected chi connectivity index (χ0v) is 10.8. The van der Waals surface area contributed by atoms with E-state index in [-0.39, 0.29) is 18.9 Å². The molecule has 2 rings (SSSR count). The highest BCUT2D eigenvalue weighted by Gasteiger charge is 2.10. The SMILES string of the molecule is O=C(O)Cc1nc(COc2ccccc2Br)no1. The van der Waals surface area contributed by atoms with Crippen LogP contribution >= 0.6 is 15.9 Å². The first-order valence-corrected chi connectivity index (χ1v) is 5.85. The van der Waals surface area contributed by atoms with E-state index in [0.717, 1.165) is 4.47 Å². The largest absolute Gasteiger partial charge is 0.484 e. The van der Waals surface area contributed by atoms with Gasteiger partial charge in [-0.15, -0.1) is 0 Å². The molecule has 0 aliphatic rings. The van der Waals surface area contributed by atoms with Gasteiger partial charge in [0.05, 0.1) is 4.47 Å². The van der Waals surface area contributed by atoms with Crippen molar-refractivity contribution in [1.82, 2.24) is 10.1 Å². The van der Waals surface area contributed by atoms with Gasteiger partial charge in [0.2, 0.25) is 11.7 Å². The van der Waals surface area contributed by atoms with Gasteiger partial charge in [0, 0.05) is 0 Å². The Morgan fingerprint density at radius 1 is 1.44 bits per heavy atom. The second kappa shape index (κ2) is 5.63. The molecule has 0 spiro atoms. The number of aliphatic carboxylic acids is 1. The van der Waals surface area contributed by atoms with Crippen molar-refractivity contribution >= 4 is 21.9 Å². The molecule has 1 N–H and O–H groups in total. The maximum absolute atomic E-state index is 10.4. The average molecular weight is 313 g/mol. The molecule has 0 radical (unpaired) electrons. The van der Waals surface area contributed by atoms with Crippen molar-refractivity contribution in [3.63, 3.8) is 0 Å². The number of para-hydroxylation sites is 1. The predicted octanol–water partition coefficient (Wildman–Crippen LogP) is 2.04. The Balaban J connectivity index is 1.96. The van der Waals surface area contributed by atoms with Gasteiger partial charge in [-0.1, -0.05) is 17.3 Å². The zero-order valence-electron chi connectivity index (χ0n) is 9.17. The van der Waals surface area contributed by atoms with Crippen LogP contribution in [0.4, 0.5) is 0 Å². The summed E-state index contributed by atoms with van der Waals surface area (Å²) < 4.78 is 11.0. The first-order chi connectivity index (χ1) is 8.65. The van der Waals surface area contributed by atoms with E-state index in [1.54, 1.807) is 6.07 Å². The first-order valence-electron chi connectivity index (χ1n) is 5.06. The van der Waals surface area contributed by atoms with Gasteiger partial charge in [-0.2, -0.15) is 4.98 Å². The summed E-state index contributed by atoms with van der Waals surface area (Å²) in [6.07, 6.45) is -0.290. The molecular weight excluding hydrogens is 304 g/mol. The van der Waals surface area contributed by atoms with Crippen LogP contribution in [0.5, 0.6) is 5.75 Å². The fourth-order valence-electron chi connectivity index (χ4n) is 1.25. The van der Waals surface area contributed by atoms with E-state index in [9.17, 15) is 4.79 Å². The number of benzene rings is 1. The lowest BCUT2D eigenvalue weighted by Gasteiger charge is -2.04. The van der Waals surface area contributed by atoms with Gasteiger partial charge in [0.25, 0.3) is 0 Å². The van der Waals surface area contributed by atoms with Gasteiger partial charge in [-0.3, -0.25) is 4.79 Å². The summed E-state index contributed by atoms with van der Waals surface area (Å²) in [6, 6.07) is 7.35. The van der Waals surface area contributed by atoms with E-state index in [0.29, 0.717) is 11.6 Å². The lowest BCUT2D eigenvalue weighted by atomic mass is 10.3. The Kier molecular flexibility index (Phi) is 3.93. The Hall–Kier alpha value is -1.89. The molecule has 1 heterocycles. The number of carbonyl (C=O) groups is 1. The maximum Gasteiger partial charge on any atom is 0.312 e. The van der Waals surface area contributed by atoms with E-state index in [2.05, 4.69) is 26.1 Å². The lowest BCUT2D eigenvalue weighted by Crippen LogP contribution is -2.01. The number of carboxylic acids is 1. The van der Waals surface area contributed by atoms with E-state index >= 15 is 0 Å². The Labute approximate surface area is 111 Å². The summed E-state index contributed by atoms with van der Waals surface area (Å²) in [7, 11) is 0. The number of rotatable bonds is 5. The highest BCUT2D eigenvalue weighted by Crippen LogP contribution is 2.24. The third-order valence-electron chi connectivity index (χ3n) is 2.01. The summed E-state index contributed by atoms with van der Waals surface area (Å²) in [5.74, 6) is 0.00855. The normalized spacial score (nSPS) is 10.3. The molecule has 94 valence electrons. The third-order valence-corrected chi connectivity index (χ3v) is 2.66. The van der Waals surface area contributed by atoms with Crippen LogP contribution in [0.1, 0.15) is 11.7 Å². The van der Waals surface area contributed by atoms with Gasteiger partial charge in [0.15, 0.2) is 6.61 Å². The van der Waals surface area contributed by atoms with Crippen molar-refractivity contribution in [2.24, 2.45) is 0 Å². The fourth-order valence-corrected chi connectivity index (χ4v) is 1.65. The van der Waals surface area contributed by atoms with Gasteiger partial charge in [0.1, 0.15) is 12.2 Å². The summed E-state index contributed by atoms with van der Waals surface area (Å²) in [4.78, 5) is 14.3. The Morgan fingerprint density at radius 3 is 2.94 bits per heavy atom. The number of ether oxygens (including phenoxy) is 1. The maximum atomic E-state index is 10.4. The molecule has 0 aliphatic heterocycles. The number of halogens is 1. The van der Waals surface area contributed by atoms with Crippen LogP contribution in [0.2, 0.25) is 0 Å². The van der Waals surface area contributed by atoms with Crippen LogP contribution in [0, 0.1) is 0 Å². The summed E-state index contributed by atoms with van der Waals surface area (Å²) in [5, 5.41) is 12.2. The van der Waals surface area contributed by atoms with Gasteiger partial charge in [-0.25, -0.2) is 0 Å². The molecule has 0 saturated carbocycles. The van der Waals surface area contributed by atoms with Crippen LogP contribution in [0.3, 0.4) is 0 Å². The minimum atomic E-state index is -1.02. The van der Waals surface area contributed by atoms with Crippen LogP contribution < -0.4 is 4.74 Å². The number of hydrogen-bond donors (Lipinski definition) is 1. The number of aromatic nitrogens is 2. The average Bonchev–Trinajstić information content (AvgIpc) is 2.75. The molecule has 6 nitrogen and oxygen atoms in total. The number of nitrogens with zero attached hydrogens (tertiary/aromatic N) is 2. The summed E-state index contributed by atoms with van der Waals surface area (Å²) >= 11 is 3.34. The molecule has 0 fully saturated rings. The molecule has 0 aliphatic carbocycles. The molecule has 0 saturated heterocycles. The molecular formula is C11H9BrN2O4. The van der Waals surface area contributed by atoms with E-state index in [1.807, 2.05) is 18.2 Å². The van der Waals surface area contributed by atoms with Crippen LogP contribution in [0.15, 0.2) is 33.3 Å². The van der Waals surface area contributed by atoms with E-state index < -0.39 is 5.97 Å². The van der Waals surface area contributed by atoms with Crippen LogP contribution in [-0.4, -0.2) is 21.2 Å². The van der Waals surface area contributed by atoms with Gasteiger partial charge >= 0.3 is 5.97 Å². The molecule has 0 atom stereocenters.